The Bertz CT molecular complexity index is 1130. The molecule has 0 atom stereocenters. The van der Waals surface area contributed by atoms with Gasteiger partial charge in [-0.05, 0) is 42.3 Å². The summed E-state index contributed by atoms with van der Waals surface area (Å²) in [5, 5.41) is 4.56. The maximum atomic E-state index is 12.5. The molecular formula is C21H21N5O2. The van der Waals surface area contributed by atoms with E-state index in [4.69, 9.17) is 0 Å². The molecule has 2 heterocycles. The number of fused-ring (bicyclic) bond motifs is 2. The largest absolute Gasteiger partial charge is 0.378 e. The highest BCUT2D eigenvalue weighted by Gasteiger charge is 2.17. The van der Waals surface area contributed by atoms with E-state index in [1.165, 1.54) is 0 Å². The third-order valence-electron chi connectivity index (χ3n) is 4.87. The second-order valence-electron chi connectivity index (χ2n) is 7.01. The van der Waals surface area contributed by atoms with Crippen LogP contribution in [-0.2, 0) is 13.0 Å². The lowest BCUT2D eigenvalue weighted by molar-refractivity contribution is 0.0955. The standard InChI is InChI=1S/C21H21N5O2/c1-25(2)16-8-5-14(6-9-16)13-22-24-20(27)15-7-10-17-18(12-15)23-19-4-3-11-26(19)21(17)28/h5-10,12-13H,3-4,11H2,1-2H3,(H,24,27)/b22-13-. The van der Waals surface area contributed by atoms with Crippen LogP contribution >= 0.6 is 0 Å². The first kappa shape index (κ1) is 17.9. The number of hydrogen-bond acceptors (Lipinski definition) is 5. The molecule has 7 nitrogen and oxygen atoms in total. The zero-order valence-corrected chi connectivity index (χ0v) is 15.8. The first-order valence-corrected chi connectivity index (χ1v) is 9.17. The van der Waals surface area contributed by atoms with Gasteiger partial charge in [0.25, 0.3) is 11.5 Å². The summed E-state index contributed by atoms with van der Waals surface area (Å²) in [7, 11) is 3.95. The van der Waals surface area contributed by atoms with Gasteiger partial charge < -0.3 is 4.90 Å². The molecule has 0 bridgehead atoms. The number of benzene rings is 2. The van der Waals surface area contributed by atoms with E-state index in [2.05, 4.69) is 15.5 Å². The van der Waals surface area contributed by atoms with Gasteiger partial charge in [0.1, 0.15) is 5.82 Å². The molecule has 1 aliphatic heterocycles. The summed E-state index contributed by atoms with van der Waals surface area (Å²) in [4.78, 5) is 31.5. The monoisotopic (exact) mass is 375 g/mol. The second kappa shape index (κ2) is 7.26. The molecule has 1 aliphatic rings. The zero-order valence-electron chi connectivity index (χ0n) is 15.8. The van der Waals surface area contributed by atoms with Crippen molar-refractivity contribution in [1.29, 1.82) is 0 Å². The third-order valence-corrected chi connectivity index (χ3v) is 4.87. The molecule has 0 saturated heterocycles. The maximum absolute atomic E-state index is 12.5. The first-order chi connectivity index (χ1) is 13.5. The van der Waals surface area contributed by atoms with E-state index >= 15 is 0 Å². The molecule has 3 aromatic rings. The van der Waals surface area contributed by atoms with Crippen molar-refractivity contribution in [2.24, 2.45) is 5.10 Å². The Morgan fingerprint density at radius 3 is 2.75 bits per heavy atom. The number of aryl methyl sites for hydroxylation is 1. The molecule has 0 fully saturated rings. The molecule has 1 aromatic heterocycles. The topological polar surface area (TPSA) is 79.6 Å². The fraction of sp³-hybridized carbons (Fsp3) is 0.238. The van der Waals surface area contributed by atoms with Crippen molar-refractivity contribution in [3.05, 3.63) is 69.8 Å². The Morgan fingerprint density at radius 1 is 1.21 bits per heavy atom. The highest BCUT2D eigenvalue weighted by molar-refractivity contribution is 5.98. The minimum Gasteiger partial charge on any atom is -0.378 e. The lowest BCUT2D eigenvalue weighted by Gasteiger charge is -2.11. The summed E-state index contributed by atoms with van der Waals surface area (Å²) in [6.07, 6.45) is 3.31. The second-order valence-corrected chi connectivity index (χ2v) is 7.01. The molecule has 7 heteroatoms. The van der Waals surface area contributed by atoms with Crippen LogP contribution in [0.4, 0.5) is 5.69 Å². The van der Waals surface area contributed by atoms with Crippen molar-refractivity contribution in [3.8, 4) is 0 Å². The molecule has 4 rings (SSSR count). The van der Waals surface area contributed by atoms with Gasteiger partial charge in [-0.25, -0.2) is 10.4 Å². The van der Waals surface area contributed by atoms with Crippen molar-refractivity contribution in [3.63, 3.8) is 0 Å². The van der Waals surface area contributed by atoms with E-state index in [-0.39, 0.29) is 11.5 Å². The van der Waals surface area contributed by atoms with Crippen LogP contribution in [0.3, 0.4) is 0 Å². The zero-order chi connectivity index (χ0) is 19.7. The van der Waals surface area contributed by atoms with Crippen LogP contribution in [0.25, 0.3) is 10.9 Å². The highest BCUT2D eigenvalue weighted by atomic mass is 16.2. The summed E-state index contributed by atoms with van der Waals surface area (Å²) < 4.78 is 1.72. The molecule has 142 valence electrons. The minimum absolute atomic E-state index is 0.0383. The molecule has 0 aliphatic carbocycles. The van der Waals surface area contributed by atoms with Crippen LogP contribution in [0.1, 0.15) is 28.2 Å². The molecular weight excluding hydrogens is 354 g/mol. The lowest BCUT2D eigenvalue weighted by atomic mass is 10.1. The lowest BCUT2D eigenvalue weighted by Crippen LogP contribution is -2.22. The van der Waals surface area contributed by atoms with Crippen LogP contribution in [0.2, 0.25) is 0 Å². The van der Waals surface area contributed by atoms with Gasteiger partial charge in [0.2, 0.25) is 0 Å². The number of rotatable bonds is 4. The highest BCUT2D eigenvalue weighted by Crippen LogP contribution is 2.16. The van der Waals surface area contributed by atoms with E-state index < -0.39 is 0 Å². The Hall–Kier alpha value is -3.48. The molecule has 0 spiro atoms. The summed E-state index contributed by atoms with van der Waals surface area (Å²) in [6.45, 7) is 0.712. The number of amides is 1. The average Bonchev–Trinajstić information content (AvgIpc) is 3.17. The fourth-order valence-corrected chi connectivity index (χ4v) is 3.31. The number of hydrogen-bond donors (Lipinski definition) is 1. The Labute approximate surface area is 162 Å². The van der Waals surface area contributed by atoms with Gasteiger partial charge in [0, 0.05) is 38.3 Å². The number of aromatic nitrogens is 2. The van der Waals surface area contributed by atoms with Gasteiger partial charge in [0.05, 0.1) is 17.1 Å². The molecule has 0 radical (unpaired) electrons. The number of carbonyl (C=O) groups is 1. The summed E-state index contributed by atoms with van der Waals surface area (Å²) in [5.74, 6) is 0.444. The first-order valence-electron chi connectivity index (χ1n) is 9.17. The van der Waals surface area contributed by atoms with E-state index in [0.717, 1.165) is 29.9 Å². The summed E-state index contributed by atoms with van der Waals surface area (Å²) in [6, 6.07) is 12.8. The predicted molar refractivity (Wildman–Crippen MR) is 110 cm³/mol. The Balaban J connectivity index is 1.51. The van der Waals surface area contributed by atoms with Crippen LogP contribution in [-0.4, -0.2) is 35.8 Å². The normalized spacial score (nSPS) is 13.1. The van der Waals surface area contributed by atoms with Crippen molar-refractivity contribution in [1.82, 2.24) is 15.0 Å². The maximum Gasteiger partial charge on any atom is 0.271 e. The Morgan fingerprint density at radius 2 is 2.00 bits per heavy atom. The molecule has 28 heavy (non-hydrogen) atoms. The van der Waals surface area contributed by atoms with Crippen LogP contribution in [0.5, 0.6) is 0 Å². The van der Waals surface area contributed by atoms with Crippen molar-refractivity contribution < 1.29 is 4.79 Å². The van der Waals surface area contributed by atoms with Crippen LogP contribution in [0.15, 0.2) is 52.4 Å². The number of anilines is 1. The quantitative estimate of drug-likeness (QED) is 0.560. The van der Waals surface area contributed by atoms with Crippen molar-refractivity contribution in [2.45, 2.75) is 19.4 Å². The van der Waals surface area contributed by atoms with Crippen LogP contribution in [0, 0.1) is 0 Å². The number of hydrazone groups is 1. The van der Waals surface area contributed by atoms with Gasteiger partial charge >= 0.3 is 0 Å². The average molecular weight is 375 g/mol. The smallest absolute Gasteiger partial charge is 0.271 e. The molecule has 0 unspecified atom stereocenters. The molecule has 2 aromatic carbocycles. The van der Waals surface area contributed by atoms with E-state index in [9.17, 15) is 9.59 Å². The number of nitrogens with zero attached hydrogens (tertiary/aromatic N) is 4. The minimum atomic E-state index is -0.342. The van der Waals surface area contributed by atoms with Gasteiger partial charge in [-0.15, -0.1) is 0 Å². The van der Waals surface area contributed by atoms with Gasteiger partial charge in [-0.2, -0.15) is 5.10 Å². The SMILES string of the molecule is CN(C)c1ccc(/C=N\NC(=O)c2ccc3c(=O)n4c(nc3c2)CCC4)cc1. The van der Waals surface area contributed by atoms with E-state index in [0.29, 0.717) is 23.0 Å². The van der Waals surface area contributed by atoms with Gasteiger partial charge in [-0.1, -0.05) is 12.1 Å². The van der Waals surface area contributed by atoms with Gasteiger partial charge in [-0.3, -0.25) is 14.2 Å². The van der Waals surface area contributed by atoms with Crippen LogP contribution < -0.4 is 15.9 Å². The molecule has 1 N–H and O–H groups in total. The number of carbonyl (C=O) groups excluding carboxylic acids is 1. The number of nitrogens with one attached hydrogen (secondary N) is 1. The van der Waals surface area contributed by atoms with E-state index in [1.807, 2.05) is 43.3 Å². The fourth-order valence-electron chi connectivity index (χ4n) is 3.31. The molecule has 0 saturated carbocycles. The van der Waals surface area contributed by atoms with Crippen molar-refractivity contribution >= 4 is 28.7 Å². The summed E-state index contributed by atoms with van der Waals surface area (Å²) in [5.41, 5.74) is 5.43. The Kier molecular flexibility index (Phi) is 4.65. The summed E-state index contributed by atoms with van der Waals surface area (Å²) >= 11 is 0. The molecule has 1 amide bonds. The third kappa shape index (κ3) is 3.38. The van der Waals surface area contributed by atoms with E-state index in [1.54, 1.807) is 29.0 Å². The predicted octanol–water partition coefficient (Wildman–Crippen LogP) is 2.17. The van der Waals surface area contributed by atoms with Crippen molar-refractivity contribution in [2.75, 3.05) is 19.0 Å². The van der Waals surface area contributed by atoms with Gasteiger partial charge in [0.15, 0.2) is 0 Å².